The quantitative estimate of drug-likeness (QED) is 0.696. The molecule has 0 spiro atoms. The number of nitro groups is 1. The van der Waals surface area contributed by atoms with E-state index in [4.69, 9.17) is 0 Å². The van der Waals surface area contributed by atoms with Gasteiger partial charge in [-0.1, -0.05) is 30.3 Å². The van der Waals surface area contributed by atoms with Gasteiger partial charge in [-0.05, 0) is 29.3 Å². The number of non-ortho nitro benzene ring substituents is 1. The molecule has 2 aromatic carbocycles. The van der Waals surface area contributed by atoms with E-state index in [9.17, 15) is 10.1 Å². The van der Waals surface area contributed by atoms with Crippen LogP contribution in [0.5, 0.6) is 0 Å². The van der Waals surface area contributed by atoms with Gasteiger partial charge >= 0.3 is 0 Å². The Labute approximate surface area is 129 Å². The molecule has 0 amide bonds. The Morgan fingerprint density at radius 1 is 1.05 bits per heavy atom. The maximum absolute atomic E-state index is 10.7. The largest absolute Gasteiger partial charge is 0.328 e. The molecule has 2 aromatic rings. The van der Waals surface area contributed by atoms with Crippen molar-refractivity contribution in [1.29, 1.82) is 0 Å². The Morgan fingerprint density at radius 2 is 1.77 bits per heavy atom. The molecule has 4 nitrogen and oxygen atoms in total. The van der Waals surface area contributed by atoms with E-state index < -0.39 is 0 Å². The second-order valence-corrected chi connectivity index (χ2v) is 5.65. The van der Waals surface area contributed by atoms with Crippen molar-refractivity contribution in [3.63, 3.8) is 0 Å². The van der Waals surface area contributed by atoms with Gasteiger partial charge in [-0.15, -0.1) is 0 Å². The van der Waals surface area contributed by atoms with Gasteiger partial charge in [0.05, 0.1) is 18.0 Å². The topological polar surface area (TPSA) is 47.6 Å². The Bertz CT molecular complexity index is 678. The first-order chi connectivity index (χ1) is 10.7. The summed E-state index contributed by atoms with van der Waals surface area (Å²) in [5, 5.41) is 10.7. The molecule has 0 radical (unpaired) electrons. The van der Waals surface area contributed by atoms with Gasteiger partial charge in [0, 0.05) is 24.1 Å². The van der Waals surface area contributed by atoms with E-state index in [0.717, 1.165) is 31.6 Å². The molecule has 112 valence electrons. The highest BCUT2D eigenvalue weighted by molar-refractivity contribution is 5.65. The fourth-order valence-electron chi connectivity index (χ4n) is 2.88. The van der Waals surface area contributed by atoms with Gasteiger partial charge in [0.2, 0.25) is 0 Å². The standard InChI is InChI=1S/C18H18N2O2/c21-20(22)18-8-6-15(7-9-18)14-19-12-10-17(11-13-19)16-4-2-1-3-5-16/h1-10H,11-14H2/p+1. The number of hydrogen-bond donors (Lipinski definition) is 1. The van der Waals surface area contributed by atoms with Gasteiger partial charge in [0.1, 0.15) is 6.54 Å². The molecule has 1 heterocycles. The second-order valence-electron chi connectivity index (χ2n) is 5.65. The highest BCUT2D eigenvalue weighted by Gasteiger charge is 2.16. The summed E-state index contributed by atoms with van der Waals surface area (Å²) in [7, 11) is 0. The van der Waals surface area contributed by atoms with E-state index >= 15 is 0 Å². The smallest absolute Gasteiger partial charge is 0.269 e. The Balaban J connectivity index is 1.62. The minimum atomic E-state index is -0.355. The lowest BCUT2D eigenvalue weighted by Crippen LogP contribution is -3.11. The van der Waals surface area contributed by atoms with Crippen molar-refractivity contribution in [2.45, 2.75) is 13.0 Å². The number of rotatable bonds is 4. The molecule has 0 saturated carbocycles. The molecular weight excluding hydrogens is 276 g/mol. The average Bonchev–Trinajstić information content (AvgIpc) is 2.57. The molecule has 1 unspecified atom stereocenters. The van der Waals surface area contributed by atoms with Crippen LogP contribution < -0.4 is 4.90 Å². The van der Waals surface area contributed by atoms with Crippen LogP contribution in [-0.2, 0) is 6.54 Å². The molecule has 3 rings (SSSR count). The van der Waals surface area contributed by atoms with Crippen LogP contribution in [0.15, 0.2) is 60.7 Å². The number of nitro benzene ring substituents is 1. The van der Waals surface area contributed by atoms with Crippen LogP contribution in [0.2, 0.25) is 0 Å². The van der Waals surface area contributed by atoms with Crippen molar-refractivity contribution in [3.05, 3.63) is 81.9 Å². The van der Waals surface area contributed by atoms with E-state index in [1.165, 1.54) is 16.0 Å². The predicted octanol–water partition coefficient (Wildman–Crippen LogP) is 2.47. The number of nitrogens with one attached hydrogen (secondary N) is 1. The molecule has 4 heteroatoms. The van der Waals surface area contributed by atoms with Gasteiger partial charge in [0.15, 0.2) is 0 Å². The van der Waals surface area contributed by atoms with E-state index in [1.807, 2.05) is 18.2 Å². The van der Waals surface area contributed by atoms with Crippen LogP contribution in [-0.4, -0.2) is 18.0 Å². The molecule has 0 aromatic heterocycles. The summed E-state index contributed by atoms with van der Waals surface area (Å²) >= 11 is 0. The zero-order valence-corrected chi connectivity index (χ0v) is 12.4. The minimum Gasteiger partial charge on any atom is -0.328 e. The van der Waals surface area contributed by atoms with Crippen LogP contribution in [0.3, 0.4) is 0 Å². The maximum Gasteiger partial charge on any atom is 0.269 e. The van der Waals surface area contributed by atoms with Crippen molar-refractivity contribution in [1.82, 2.24) is 0 Å². The molecular formula is C18H19N2O2+. The average molecular weight is 295 g/mol. The number of benzene rings is 2. The zero-order valence-electron chi connectivity index (χ0n) is 12.4. The van der Waals surface area contributed by atoms with Crippen LogP contribution in [0.1, 0.15) is 17.5 Å². The van der Waals surface area contributed by atoms with E-state index in [-0.39, 0.29) is 10.6 Å². The highest BCUT2D eigenvalue weighted by Crippen LogP contribution is 2.18. The Kier molecular flexibility index (Phi) is 4.30. The zero-order chi connectivity index (χ0) is 15.4. The van der Waals surface area contributed by atoms with E-state index in [0.29, 0.717) is 0 Å². The van der Waals surface area contributed by atoms with E-state index in [2.05, 4.69) is 30.3 Å². The van der Waals surface area contributed by atoms with Crippen LogP contribution in [0, 0.1) is 10.1 Å². The van der Waals surface area contributed by atoms with Gasteiger partial charge < -0.3 is 4.90 Å². The molecule has 1 aliphatic rings. The predicted molar refractivity (Wildman–Crippen MR) is 86.5 cm³/mol. The lowest BCUT2D eigenvalue weighted by atomic mass is 9.99. The third-order valence-electron chi connectivity index (χ3n) is 4.13. The SMILES string of the molecule is O=[N+]([O-])c1ccc(C[NH+]2CC=C(c3ccccc3)CC2)cc1. The van der Waals surface area contributed by atoms with Crippen molar-refractivity contribution >= 4 is 11.3 Å². The van der Waals surface area contributed by atoms with Crippen LogP contribution in [0.4, 0.5) is 5.69 Å². The van der Waals surface area contributed by atoms with Gasteiger partial charge in [-0.3, -0.25) is 10.1 Å². The molecule has 0 fully saturated rings. The van der Waals surface area contributed by atoms with Crippen molar-refractivity contribution in [2.24, 2.45) is 0 Å². The summed E-state index contributed by atoms with van der Waals surface area (Å²) in [5.41, 5.74) is 4.05. The lowest BCUT2D eigenvalue weighted by molar-refractivity contribution is -0.908. The molecule has 0 bridgehead atoms. The molecule has 22 heavy (non-hydrogen) atoms. The van der Waals surface area contributed by atoms with Crippen molar-refractivity contribution < 1.29 is 9.82 Å². The van der Waals surface area contributed by atoms with Crippen LogP contribution >= 0.6 is 0 Å². The van der Waals surface area contributed by atoms with Gasteiger partial charge in [-0.2, -0.15) is 0 Å². The summed E-state index contributed by atoms with van der Waals surface area (Å²) in [6.07, 6.45) is 3.39. The summed E-state index contributed by atoms with van der Waals surface area (Å²) < 4.78 is 0. The monoisotopic (exact) mass is 295 g/mol. The van der Waals surface area contributed by atoms with Gasteiger partial charge in [0.25, 0.3) is 5.69 Å². The van der Waals surface area contributed by atoms with Crippen LogP contribution in [0.25, 0.3) is 5.57 Å². The summed E-state index contributed by atoms with van der Waals surface area (Å²) in [6.45, 7) is 3.01. The minimum absolute atomic E-state index is 0.156. The fraction of sp³-hybridized carbons (Fsp3) is 0.222. The normalized spacial score (nSPS) is 17.8. The molecule has 1 N–H and O–H groups in total. The summed E-state index contributed by atoms with van der Waals surface area (Å²) in [4.78, 5) is 11.8. The third kappa shape index (κ3) is 3.40. The summed E-state index contributed by atoms with van der Waals surface area (Å²) in [6, 6.07) is 17.4. The highest BCUT2D eigenvalue weighted by atomic mass is 16.6. The molecule has 0 saturated heterocycles. The molecule has 1 atom stereocenters. The number of nitrogens with zero attached hydrogens (tertiary/aromatic N) is 1. The maximum atomic E-state index is 10.7. The summed E-state index contributed by atoms with van der Waals surface area (Å²) in [5.74, 6) is 0. The molecule has 1 aliphatic heterocycles. The van der Waals surface area contributed by atoms with Crippen molar-refractivity contribution in [2.75, 3.05) is 13.1 Å². The van der Waals surface area contributed by atoms with Gasteiger partial charge in [-0.25, -0.2) is 0 Å². The first kappa shape index (κ1) is 14.5. The first-order valence-corrected chi connectivity index (χ1v) is 7.54. The van der Waals surface area contributed by atoms with E-state index in [1.54, 1.807) is 12.1 Å². The molecule has 0 aliphatic carbocycles. The second kappa shape index (κ2) is 6.54. The first-order valence-electron chi connectivity index (χ1n) is 7.54. The fourth-order valence-corrected chi connectivity index (χ4v) is 2.88. The number of quaternary nitrogens is 1. The Morgan fingerprint density at radius 3 is 2.36 bits per heavy atom. The lowest BCUT2D eigenvalue weighted by Gasteiger charge is -2.23. The third-order valence-corrected chi connectivity index (χ3v) is 4.13. The van der Waals surface area contributed by atoms with Crippen molar-refractivity contribution in [3.8, 4) is 0 Å². The Hall–Kier alpha value is -2.46. The number of hydrogen-bond acceptors (Lipinski definition) is 2.